The van der Waals surface area contributed by atoms with E-state index in [9.17, 15) is 4.79 Å². The van der Waals surface area contributed by atoms with Gasteiger partial charge in [0, 0.05) is 25.0 Å². The Labute approximate surface area is 133 Å². The monoisotopic (exact) mass is 312 g/mol. The van der Waals surface area contributed by atoms with Crippen LogP contribution in [-0.2, 0) is 11.2 Å². The molecule has 2 N–H and O–H groups in total. The van der Waals surface area contributed by atoms with Gasteiger partial charge in [-0.1, -0.05) is 25.1 Å². The summed E-state index contributed by atoms with van der Waals surface area (Å²) in [4.78, 5) is 14.4. The van der Waals surface area contributed by atoms with Gasteiger partial charge in [0.2, 0.25) is 5.91 Å². The number of nitrogens with two attached hydrogens (primary N) is 1. The molecule has 1 heterocycles. The second kappa shape index (κ2) is 8.25. The number of hydrogen-bond acceptors (Lipinski definition) is 3. The molecule has 0 aliphatic carbocycles. The lowest BCUT2D eigenvalue weighted by Crippen LogP contribution is -2.41. The molecule has 5 heteroatoms. The lowest BCUT2D eigenvalue weighted by molar-refractivity contribution is -0.135. The van der Waals surface area contributed by atoms with Gasteiger partial charge in [-0.3, -0.25) is 4.79 Å². The number of amides is 1. The Balaban J connectivity index is 0.00000220. The van der Waals surface area contributed by atoms with Crippen LogP contribution in [0.15, 0.2) is 24.3 Å². The summed E-state index contributed by atoms with van der Waals surface area (Å²) < 4.78 is 5.40. The predicted molar refractivity (Wildman–Crippen MR) is 86.9 cm³/mol. The van der Waals surface area contributed by atoms with Crippen molar-refractivity contribution in [3.05, 3.63) is 29.8 Å². The van der Waals surface area contributed by atoms with E-state index in [-0.39, 0.29) is 30.3 Å². The van der Waals surface area contributed by atoms with Gasteiger partial charge < -0.3 is 15.4 Å². The van der Waals surface area contributed by atoms with E-state index in [1.165, 1.54) is 5.56 Å². The summed E-state index contributed by atoms with van der Waals surface area (Å²) in [5.41, 5.74) is 6.78. The van der Waals surface area contributed by atoms with Crippen LogP contribution in [0, 0.1) is 5.92 Å². The topological polar surface area (TPSA) is 55.6 Å². The molecule has 0 saturated carbocycles. The van der Waals surface area contributed by atoms with Gasteiger partial charge in [-0.15, -0.1) is 12.4 Å². The fourth-order valence-electron chi connectivity index (χ4n) is 2.85. The molecule has 2 rings (SSSR count). The molecule has 1 aliphatic rings. The van der Waals surface area contributed by atoms with E-state index in [1.54, 1.807) is 7.11 Å². The van der Waals surface area contributed by atoms with Gasteiger partial charge in [0.15, 0.2) is 0 Å². The van der Waals surface area contributed by atoms with Gasteiger partial charge >= 0.3 is 0 Å². The highest BCUT2D eigenvalue weighted by Gasteiger charge is 2.31. The molecule has 0 bridgehead atoms. The highest BCUT2D eigenvalue weighted by molar-refractivity contribution is 5.85. The predicted octanol–water partition coefficient (Wildman–Crippen LogP) is 2.25. The highest BCUT2D eigenvalue weighted by Crippen LogP contribution is 2.26. The number of likely N-dealkylation sites (tertiary alicyclic amines) is 1. The van der Waals surface area contributed by atoms with Crippen molar-refractivity contribution in [3.8, 4) is 5.75 Å². The van der Waals surface area contributed by atoms with Crippen LogP contribution in [0.25, 0.3) is 0 Å². The van der Waals surface area contributed by atoms with Crippen LogP contribution < -0.4 is 10.5 Å². The Morgan fingerprint density at radius 2 is 2.19 bits per heavy atom. The molecule has 1 saturated heterocycles. The molecule has 4 nitrogen and oxygen atoms in total. The molecular formula is C16H25ClN2O2. The molecule has 2 atom stereocenters. The first-order chi connectivity index (χ1) is 9.67. The normalized spacial score (nSPS) is 19.0. The summed E-state index contributed by atoms with van der Waals surface area (Å²) >= 11 is 0. The van der Waals surface area contributed by atoms with Gasteiger partial charge in [-0.25, -0.2) is 0 Å². The first kappa shape index (κ1) is 17.8. The maximum absolute atomic E-state index is 12.3. The van der Waals surface area contributed by atoms with Crippen LogP contribution in [0.3, 0.4) is 0 Å². The van der Waals surface area contributed by atoms with E-state index in [1.807, 2.05) is 30.0 Å². The molecule has 1 amide bonds. The molecule has 1 aromatic rings. The van der Waals surface area contributed by atoms with Crippen LogP contribution in [0.1, 0.15) is 25.3 Å². The number of carbonyl (C=O) groups excluding carboxylic acids is 1. The molecule has 0 spiro atoms. The van der Waals surface area contributed by atoms with Crippen molar-refractivity contribution < 1.29 is 9.53 Å². The minimum atomic E-state index is -0.0896. The van der Waals surface area contributed by atoms with Crippen molar-refractivity contribution in [2.24, 2.45) is 11.7 Å². The van der Waals surface area contributed by atoms with Crippen molar-refractivity contribution in [1.82, 2.24) is 4.90 Å². The summed E-state index contributed by atoms with van der Waals surface area (Å²) in [6.07, 6.45) is 2.98. The summed E-state index contributed by atoms with van der Waals surface area (Å²) in [7, 11) is 1.69. The Morgan fingerprint density at radius 1 is 1.48 bits per heavy atom. The lowest BCUT2D eigenvalue weighted by atomic mass is 10.0. The van der Waals surface area contributed by atoms with E-state index < -0.39 is 0 Å². The van der Waals surface area contributed by atoms with Gasteiger partial charge in [0.05, 0.1) is 7.11 Å². The van der Waals surface area contributed by atoms with Crippen molar-refractivity contribution in [3.63, 3.8) is 0 Å². The quantitative estimate of drug-likeness (QED) is 0.907. The number of carbonyl (C=O) groups is 1. The van der Waals surface area contributed by atoms with Gasteiger partial charge in [0.25, 0.3) is 0 Å². The van der Waals surface area contributed by atoms with E-state index >= 15 is 0 Å². The van der Waals surface area contributed by atoms with Gasteiger partial charge in [-0.05, 0) is 30.9 Å². The molecule has 1 aromatic carbocycles. The number of para-hydroxylation sites is 1. The zero-order valence-electron chi connectivity index (χ0n) is 12.7. The molecular weight excluding hydrogens is 288 g/mol. The first-order valence-electron chi connectivity index (χ1n) is 7.29. The second-order valence-electron chi connectivity index (χ2n) is 5.48. The Hall–Kier alpha value is -1.26. The summed E-state index contributed by atoms with van der Waals surface area (Å²) in [6.45, 7) is 3.17. The number of benzene rings is 1. The molecule has 118 valence electrons. The smallest absolute Gasteiger partial charge is 0.226 e. The van der Waals surface area contributed by atoms with Crippen LogP contribution in [0.5, 0.6) is 5.75 Å². The number of hydrogen-bond donors (Lipinski definition) is 1. The van der Waals surface area contributed by atoms with E-state index in [0.717, 1.165) is 31.6 Å². The molecule has 21 heavy (non-hydrogen) atoms. The first-order valence-corrected chi connectivity index (χ1v) is 7.29. The van der Waals surface area contributed by atoms with E-state index in [4.69, 9.17) is 10.5 Å². The van der Waals surface area contributed by atoms with Crippen LogP contribution in [-0.4, -0.2) is 37.0 Å². The van der Waals surface area contributed by atoms with E-state index in [2.05, 4.69) is 6.07 Å². The molecule has 2 unspecified atom stereocenters. The van der Waals surface area contributed by atoms with Crippen molar-refractivity contribution >= 4 is 18.3 Å². The largest absolute Gasteiger partial charge is 0.496 e. The second-order valence-corrected chi connectivity index (χ2v) is 5.48. The van der Waals surface area contributed by atoms with Crippen LogP contribution in [0.4, 0.5) is 0 Å². The average molecular weight is 313 g/mol. The van der Waals surface area contributed by atoms with Crippen LogP contribution in [0.2, 0.25) is 0 Å². The minimum Gasteiger partial charge on any atom is -0.496 e. The zero-order chi connectivity index (χ0) is 14.5. The molecule has 1 fully saturated rings. The third-order valence-corrected chi connectivity index (χ3v) is 4.08. The maximum atomic E-state index is 12.3. The fraction of sp³-hybridized carbons (Fsp3) is 0.562. The number of ether oxygens (including phenoxy) is 1. The van der Waals surface area contributed by atoms with Crippen molar-refractivity contribution in [2.75, 3.05) is 20.2 Å². The highest BCUT2D eigenvalue weighted by atomic mass is 35.5. The van der Waals surface area contributed by atoms with Crippen molar-refractivity contribution in [2.45, 2.75) is 32.2 Å². The third-order valence-electron chi connectivity index (χ3n) is 4.08. The van der Waals surface area contributed by atoms with Gasteiger partial charge in [0.1, 0.15) is 5.75 Å². The maximum Gasteiger partial charge on any atom is 0.226 e. The molecule has 1 aliphatic heterocycles. The Bertz CT molecular complexity index is 467. The number of halogens is 1. The third kappa shape index (κ3) is 4.11. The molecule has 0 radical (unpaired) electrons. The number of rotatable bonds is 5. The number of methoxy groups -OCH3 is 1. The Kier molecular flexibility index (Phi) is 6.99. The fourth-order valence-corrected chi connectivity index (χ4v) is 2.85. The Morgan fingerprint density at radius 3 is 2.86 bits per heavy atom. The van der Waals surface area contributed by atoms with Crippen LogP contribution >= 0.6 is 12.4 Å². The summed E-state index contributed by atoms with van der Waals surface area (Å²) in [5.74, 6) is 0.997. The zero-order valence-corrected chi connectivity index (χ0v) is 13.6. The molecule has 0 aromatic heterocycles. The van der Waals surface area contributed by atoms with Crippen molar-refractivity contribution in [1.29, 1.82) is 0 Å². The SMILES string of the molecule is COc1ccccc1CC1CCCN1C(=O)C(C)CN.Cl. The standard InChI is InChI=1S/C16H24N2O2.ClH/c1-12(11-17)16(19)18-9-5-7-14(18)10-13-6-3-4-8-15(13)20-2;/h3-4,6,8,12,14H,5,7,9-11,17H2,1-2H3;1H. The lowest BCUT2D eigenvalue weighted by Gasteiger charge is -2.27. The summed E-state index contributed by atoms with van der Waals surface area (Å²) in [6, 6.07) is 8.30. The average Bonchev–Trinajstić information content (AvgIpc) is 2.94. The number of nitrogens with zero attached hydrogens (tertiary/aromatic N) is 1. The summed E-state index contributed by atoms with van der Waals surface area (Å²) in [5, 5.41) is 0. The van der Waals surface area contributed by atoms with E-state index in [0.29, 0.717) is 6.54 Å². The minimum absolute atomic E-state index is 0. The van der Waals surface area contributed by atoms with Gasteiger partial charge in [-0.2, -0.15) is 0 Å².